The van der Waals surface area contributed by atoms with Gasteiger partial charge in [-0.05, 0) is 49.6 Å². The van der Waals surface area contributed by atoms with Crippen molar-refractivity contribution in [3.63, 3.8) is 0 Å². The molecule has 1 unspecified atom stereocenters. The fourth-order valence-electron chi connectivity index (χ4n) is 1.87. The third-order valence-corrected chi connectivity index (χ3v) is 5.31. The number of sulfonamides is 1. The maximum absolute atomic E-state index is 13.4. The fraction of sp³-hybridized carbons (Fsp3) is 0.571. The summed E-state index contributed by atoms with van der Waals surface area (Å²) in [4.78, 5) is 0.0134. The van der Waals surface area contributed by atoms with Crippen molar-refractivity contribution in [2.75, 3.05) is 18.6 Å². The highest BCUT2D eigenvalue weighted by molar-refractivity contribution is 7.98. The summed E-state index contributed by atoms with van der Waals surface area (Å²) in [5.74, 6) is 0.323. The normalized spacial score (nSPS) is 13.3. The van der Waals surface area contributed by atoms with Crippen LogP contribution in [-0.2, 0) is 16.6 Å². The summed E-state index contributed by atoms with van der Waals surface area (Å²) < 4.78 is 40.9. The Morgan fingerprint density at radius 2 is 2.10 bits per heavy atom. The molecule has 21 heavy (non-hydrogen) atoms. The molecular weight excluding hydrogens is 311 g/mol. The summed E-state index contributed by atoms with van der Waals surface area (Å²) in [6, 6.07) is 3.69. The summed E-state index contributed by atoms with van der Waals surface area (Å²) in [6.07, 6.45) is 2.71. The van der Waals surface area contributed by atoms with Crippen molar-refractivity contribution >= 4 is 21.8 Å². The average Bonchev–Trinajstić information content (AvgIpc) is 2.43. The van der Waals surface area contributed by atoms with E-state index in [1.807, 2.05) is 20.1 Å². The van der Waals surface area contributed by atoms with E-state index in [-0.39, 0.29) is 10.9 Å². The Kier molecular flexibility index (Phi) is 7.65. The Labute approximate surface area is 131 Å². The second-order valence-corrected chi connectivity index (χ2v) is 7.50. The van der Waals surface area contributed by atoms with Crippen LogP contribution >= 0.6 is 11.8 Å². The van der Waals surface area contributed by atoms with Crippen LogP contribution in [0.4, 0.5) is 4.39 Å². The van der Waals surface area contributed by atoms with Crippen LogP contribution in [0.15, 0.2) is 23.1 Å². The highest BCUT2D eigenvalue weighted by Crippen LogP contribution is 2.18. The molecule has 1 aromatic rings. The number of thioether (sulfide) groups is 1. The van der Waals surface area contributed by atoms with Crippen molar-refractivity contribution in [1.29, 1.82) is 0 Å². The van der Waals surface area contributed by atoms with Gasteiger partial charge in [-0.2, -0.15) is 11.8 Å². The van der Waals surface area contributed by atoms with Crippen molar-refractivity contribution in [2.24, 2.45) is 0 Å². The largest absolute Gasteiger partial charge is 0.313 e. The second-order valence-electron chi connectivity index (χ2n) is 4.84. The van der Waals surface area contributed by atoms with Crippen molar-refractivity contribution in [1.82, 2.24) is 10.0 Å². The Morgan fingerprint density at radius 3 is 2.71 bits per heavy atom. The lowest BCUT2D eigenvalue weighted by Gasteiger charge is -2.16. The molecule has 0 bridgehead atoms. The van der Waals surface area contributed by atoms with Gasteiger partial charge >= 0.3 is 0 Å². The Hall–Kier alpha value is -0.630. The standard InChI is InChI=1S/C14H23FN2O2S2/c1-4-16-10-12-5-6-13(15)9-14(12)21(18,19)17-11(2)7-8-20-3/h5-6,9,11,16-17H,4,7-8,10H2,1-3H3. The molecule has 1 atom stereocenters. The van der Waals surface area contributed by atoms with Gasteiger partial charge in [-0.1, -0.05) is 13.0 Å². The number of nitrogens with one attached hydrogen (secondary N) is 2. The SMILES string of the molecule is CCNCc1ccc(F)cc1S(=O)(=O)NC(C)CCSC. The molecule has 0 spiro atoms. The predicted octanol–water partition coefficient (Wildman–Crippen LogP) is 2.36. The van der Waals surface area contributed by atoms with E-state index in [0.717, 1.165) is 18.2 Å². The van der Waals surface area contributed by atoms with E-state index < -0.39 is 15.8 Å². The third kappa shape index (κ3) is 5.94. The molecule has 0 aliphatic rings. The molecule has 7 heteroatoms. The van der Waals surface area contributed by atoms with Crippen LogP contribution in [0.1, 0.15) is 25.8 Å². The molecule has 0 aliphatic heterocycles. The molecule has 0 saturated heterocycles. The minimum atomic E-state index is -3.71. The molecular formula is C14H23FN2O2S2. The van der Waals surface area contributed by atoms with E-state index in [0.29, 0.717) is 18.7 Å². The Bertz CT molecular complexity index is 550. The zero-order valence-corrected chi connectivity index (χ0v) is 14.3. The first-order valence-electron chi connectivity index (χ1n) is 6.91. The van der Waals surface area contributed by atoms with Gasteiger partial charge in [0, 0.05) is 12.6 Å². The molecule has 4 nitrogen and oxygen atoms in total. The number of benzene rings is 1. The molecule has 0 heterocycles. The summed E-state index contributed by atoms with van der Waals surface area (Å²) >= 11 is 1.66. The monoisotopic (exact) mass is 334 g/mol. The first-order valence-corrected chi connectivity index (χ1v) is 9.78. The lowest BCUT2D eigenvalue weighted by molar-refractivity contribution is 0.552. The average molecular weight is 334 g/mol. The van der Waals surface area contributed by atoms with Crippen LogP contribution in [0, 0.1) is 5.82 Å². The summed E-state index contributed by atoms with van der Waals surface area (Å²) in [6.45, 7) is 4.86. The maximum Gasteiger partial charge on any atom is 0.241 e. The van der Waals surface area contributed by atoms with Crippen LogP contribution in [-0.4, -0.2) is 33.0 Å². The smallest absolute Gasteiger partial charge is 0.241 e. The van der Waals surface area contributed by atoms with Gasteiger partial charge < -0.3 is 5.32 Å². The lowest BCUT2D eigenvalue weighted by Crippen LogP contribution is -2.34. The molecule has 0 amide bonds. The minimum Gasteiger partial charge on any atom is -0.313 e. The van der Waals surface area contributed by atoms with Crippen molar-refractivity contribution in [2.45, 2.75) is 37.8 Å². The lowest BCUT2D eigenvalue weighted by atomic mass is 10.2. The van der Waals surface area contributed by atoms with E-state index in [4.69, 9.17) is 0 Å². The van der Waals surface area contributed by atoms with Crippen LogP contribution in [0.2, 0.25) is 0 Å². The number of halogens is 1. The molecule has 2 N–H and O–H groups in total. The van der Waals surface area contributed by atoms with Gasteiger partial charge in [0.25, 0.3) is 0 Å². The van der Waals surface area contributed by atoms with Gasteiger partial charge in [-0.3, -0.25) is 0 Å². The second kappa shape index (κ2) is 8.73. The van der Waals surface area contributed by atoms with E-state index >= 15 is 0 Å². The summed E-state index contributed by atoms with van der Waals surface area (Å²) in [5.41, 5.74) is 0.572. The van der Waals surface area contributed by atoms with E-state index in [2.05, 4.69) is 10.0 Å². The molecule has 0 aromatic heterocycles. The molecule has 0 radical (unpaired) electrons. The highest BCUT2D eigenvalue weighted by Gasteiger charge is 2.21. The maximum atomic E-state index is 13.4. The van der Waals surface area contributed by atoms with E-state index in [9.17, 15) is 12.8 Å². The van der Waals surface area contributed by atoms with Gasteiger partial charge in [0.15, 0.2) is 0 Å². The molecule has 0 saturated carbocycles. The van der Waals surface area contributed by atoms with Crippen molar-refractivity contribution < 1.29 is 12.8 Å². The van der Waals surface area contributed by atoms with Gasteiger partial charge in [0.2, 0.25) is 10.0 Å². The van der Waals surface area contributed by atoms with Crippen LogP contribution < -0.4 is 10.0 Å². The van der Waals surface area contributed by atoms with Crippen molar-refractivity contribution in [3.05, 3.63) is 29.6 Å². The van der Waals surface area contributed by atoms with Gasteiger partial charge in [-0.25, -0.2) is 17.5 Å². The molecule has 0 aliphatic carbocycles. The molecule has 0 fully saturated rings. The number of rotatable bonds is 9. The molecule has 1 aromatic carbocycles. The number of hydrogen-bond donors (Lipinski definition) is 2. The quantitative estimate of drug-likeness (QED) is 0.728. The van der Waals surface area contributed by atoms with Crippen LogP contribution in [0.25, 0.3) is 0 Å². The minimum absolute atomic E-state index is 0.0134. The van der Waals surface area contributed by atoms with Gasteiger partial charge in [0.1, 0.15) is 5.82 Å². The van der Waals surface area contributed by atoms with Crippen molar-refractivity contribution in [3.8, 4) is 0 Å². The zero-order chi connectivity index (χ0) is 15.9. The van der Waals surface area contributed by atoms with Crippen LogP contribution in [0.3, 0.4) is 0 Å². The summed E-state index contributed by atoms with van der Waals surface area (Å²) in [7, 11) is -3.71. The Morgan fingerprint density at radius 1 is 1.38 bits per heavy atom. The topological polar surface area (TPSA) is 58.2 Å². The molecule has 120 valence electrons. The zero-order valence-electron chi connectivity index (χ0n) is 12.6. The first-order chi connectivity index (χ1) is 9.90. The van der Waals surface area contributed by atoms with Gasteiger partial charge in [0.05, 0.1) is 4.90 Å². The highest BCUT2D eigenvalue weighted by atomic mass is 32.2. The Balaban J connectivity index is 2.97. The van der Waals surface area contributed by atoms with E-state index in [1.165, 1.54) is 12.1 Å². The predicted molar refractivity (Wildman–Crippen MR) is 86.6 cm³/mol. The third-order valence-electron chi connectivity index (χ3n) is 3.00. The summed E-state index contributed by atoms with van der Waals surface area (Å²) in [5, 5.41) is 3.07. The fourth-order valence-corrected chi connectivity index (χ4v) is 3.98. The first kappa shape index (κ1) is 18.4. The molecule has 1 rings (SSSR count). The van der Waals surface area contributed by atoms with E-state index in [1.54, 1.807) is 11.8 Å². The van der Waals surface area contributed by atoms with Gasteiger partial charge in [-0.15, -0.1) is 0 Å². The van der Waals surface area contributed by atoms with Crippen LogP contribution in [0.5, 0.6) is 0 Å². The number of hydrogen-bond acceptors (Lipinski definition) is 4.